The van der Waals surface area contributed by atoms with Crippen LogP contribution in [0.5, 0.6) is 5.75 Å². The van der Waals surface area contributed by atoms with Crippen LogP contribution < -0.4 is 4.74 Å². The Bertz CT molecular complexity index is 668. The van der Waals surface area contributed by atoms with E-state index >= 15 is 0 Å². The number of aryl methyl sites for hydroxylation is 1. The van der Waals surface area contributed by atoms with Crippen LogP contribution in [0.2, 0.25) is 0 Å². The van der Waals surface area contributed by atoms with E-state index in [-0.39, 0.29) is 5.78 Å². The van der Waals surface area contributed by atoms with Crippen molar-refractivity contribution in [2.45, 2.75) is 20.3 Å². The minimum absolute atomic E-state index is 0.199. The molecule has 110 valence electrons. The van der Waals surface area contributed by atoms with Gasteiger partial charge in [-0.25, -0.2) is 4.39 Å². The molecule has 0 saturated carbocycles. The zero-order chi connectivity index (χ0) is 15.4. The van der Waals surface area contributed by atoms with Crippen molar-refractivity contribution in [2.24, 2.45) is 0 Å². The maximum Gasteiger partial charge on any atom is 0.193 e. The summed E-state index contributed by atoms with van der Waals surface area (Å²) in [5.74, 6) is 0.0880. The molecule has 2 nitrogen and oxygen atoms in total. The normalized spacial score (nSPS) is 10.5. The number of ether oxygens (including phenoxy) is 1. The van der Waals surface area contributed by atoms with Crippen molar-refractivity contribution < 1.29 is 13.9 Å². The van der Waals surface area contributed by atoms with E-state index in [1.807, 2.05) is 6.92 Å². The number of carbonyl (C=O) groups is 1. The van der Waals surface area contributed by atoms with E-state index in [0.29, 0.717) is 23.5 Å². The van der Waals surface area contributed by atoms with Crippen LogP contribution in [0.4, 0.5) is 4.39 Å². The summed E-state index contributed by atoms with van der Waals surface area (Å²) in [6.45, 7) is 4.44. The first kappa shape index (κ1) is 15.7. The molecule has 2 aromatic carbocycles. The Balaban J connectivity index is 2.31. The number of hydrogen-bond acceptors (Lipinski definition) is 2. The SMILES string of the molecule is CCCOc1ccc(C(=O)c2cc(F)ccc2C)cc1Br. The highest BCUT2D eigenvalue weighted by Gasteiger charge is 2.14. The van der Waals surface area contributed by atoms with E-state index in [4.69, 9.17) is 4.74 Å². The van der Waals surface area contributed by atoms with Gasteiger partial charge in [0.05, 0.1) is 11.1 Å². The Kier molecular flexibility index (Phi) is 5.12. The Morgan fingerprint density at radius 2 is 2.00 bits per heavy atom. The van der Waals surface area contributed by atoms with E-state index in [0.717, 1.165) is 16.5 Å². The molecule has 0 unspecified atom stereocenters. The van der Waals surface area contributed by atoms with Gasteiger partial charge in [0.1, 0.15) is 11.6 Å². The van der Waals surface area contributed by atoms with Gasteiger partial charge in [0.2, 0.25) is 0 Å². The average Bonchev–Trinajstić information content (AvgIpc) is 2.47. The second kappa shape index (κ2) is 6.85. The molecule has 0 heterocycles. The molecule has 0 aromatic heterocycles. The van der Waals surface area contributed by atoms with Crippen LogP contribution in [0, 0.1) is 12.7 Å². The van der Waals surface area contributed by atoms with Crippen LogP contribution in [-0.2, 0) is 0 Å². The minimum atomic E-state index is -0.411. The fourth-order valence-electron chi connectivity index (χ4n) is 1.97. The van der Waals surface area contributed by atoms with Crippen molar-refractivity contribution in [1.82, 2.24) is 0 Å². The van der Waals surface area contributed by atoms with E-state index in [1.165, 1.54) is 12.1 Å². The van der Waals surface area contributed by atoms with Crippen molar-refractivity contribution in [2.75, 3.05) is 6.61 Å². The highest BCUT2D eigenvalue weighted by atomic mass is 79.9. The lowest BCUT2D eigenvalue weighted by Gasteiger charge is -2.09. The molecule has 0 atom stereocenters. The molecule has 0 aliphatic rings. The monoisotopic (exact) mass is 350 g/mol. The van der Waals surface area contributed by atoms with Gasteiger partial charge in [-0.2, -0.15) is 0 Å². The summed E-state index contributed by atoms with van der Waals surface area (Å²) in [6, 6.07) is 9.38. The fourth-order valence-corrected chi connectivity index (χ4v) is 2.46. The molecule has 0 fully saturated rings. The van der Waals surface area contributed by atoms with Crippen LogP contribution in [0.25, 0.3) is 0 Å². The summed E-state index contributed by atoms with van der Waals surface area (Å²) < 4.78 is 19.6. The molecule has 0 aliphatic heterocycles. The van der Waals surface area contributed by atoms with Gasteiger partial charge in [-0.3, -0.25) is 4.79 Å². The van der Waals surface area contributed by atoms with E-state index < -0.39 is 5.82 Å². The van der Waals surface area contributed by atoms with Crippen LogP contribution in [0.1, 0.15) is 34.8 Å². The molecule has 0 aliphatic carbocycles. The van der Waals surface area contributed by atoms with Crippen molar-refractivity contribution in [3.05, 3.63) is 63.4 Å². The van der Waals surface area contributed by atoms with Crippen LogP contribution in [-0.4, -0.2) is 12.4 Å². The number of halogens is 2. The smallest absolute Gasteiger partial charge is 0.193 e. The maximum atomic E-state index is 13.3. The first-order valence-corrected chi connectivity index (χ1v) is 7.55. The number of carbonyl (C=O) groups excluding carboxylic acids is 1. The second-order valence-corrected chi connectivity index (χ2v) is 5.64. The maximum absolute atomic E-state index is 13.3. The van der Waals surface area contributed by atoms with Crippen molar-refractivity contribution in [3.63, 3.8) is 0 Å². The highest BCUT2D eigenvalue weighted by molar-refractivity contribution is 9.10. The van der Waals surface area contributed by atoms with Crippen molar-refractivity contribution >= 4 is 21.7 Å². The third-order valence-electron chi connectivity index (χ3n) is 3.10. The largest absolute Gasteiger partial charge is 0.492 e. The number of rotatable bonds is 5. The van der Waals surface area contributed by atoms with E-state index in [9.17, 15) is 9.18 Å². The average molecular weight is 351 g/mol. The lowest BCUT2D eigenvalue weighted by Crippen LogP contribution is -2.05. The molecule has 0 spiro atoms. The molecular formula is C17H16BrFO2. The third kappa shape index (κ3) is 3.70. The van der Waals surface area contributed by atoms with Crippen molar-refractivity contribution in [3.8, 4) is 5.75 Å². The van der Waals surface area contributed by atoms with Crippen LogP contribution in [0.3, 0.4) is 0 Å². The molecular weight excluding hydrogens is 335 g/mol. The predicted octanol–water partition coefficient (Wildman–Crippen LogP) is 4.92. The summed E-state index contributed by atoms with van der Waals surface area (Å²) in [5.41, 5.74) is 1.63. The minimum Gasteiger partial charge on any atom is -0.492 e. The molecule has 0 amide bonds. The van der Waals surface area contributed by atoms with Crippen LogP contribution >= 0.6 is 15.9 Å². The molecule has 0 N–H and O–H groups in total. The Hall–Kier alpha value is -1.68. The summed E-state index contributed by atoms with van der Waals surface area (Å²) in [4.78, 5) is 12.5. The highest BCUT2D eigenvalue weighted by Crippen LogP contribution is 2.27. The van der Waals surface area contributed by atoms with Gasteiger partial charge in [-0.15, -0.1) is 0 Å². The van der Waals surface area contributed by atoms with Gasteiger partial charge < -0.3 is 4.74 Å². The first-order valence-electron chi connectivity index (χ1n) is 6.76. The molecule has 0 bridgehead atoms. The summed E-state index contributed by atoms with van der Waals surface area (Å²) in [7, 11) is 0. The zero-order valence-corrected chi connectivity index (χ0v) is 13.5. The zero-order valence-electron chi connectivity index (χ0n) is 12.0. The van der Waals surface area contributed by atoms with Gasteiger partial charge in [0, 0.05) is 11.1 Å². The Morgan fingerprint density at radius 3 is 2.67 bits per heavy atom. The quantitative estimate of drug-likeness (QED) is 0.715. The molecule has 2 aromatic rings. The molecule has 2 rings (SSSR count). The third-order valence-corrected chi connectivity index (χ3v) is 3.72. The van der Waals surface area contributed by atoms with Gasteiger partial charge in [-0.1, -0.05) is 13.0 Å². The summed E-state index contributed by atoms with van der Waals surface area (Å²) in [6.07, 6.45) is 0.912. The van der Waals surface area contributed by atoms with E-state index in [1.54, 1.807) is 31.2 Å². The predicted molar refractivity (Wildman–Crippen MR) is 84.5 cm³/mol. The second-order valence-electron chi connectivity index (χ2n) is 4.78. The Morgan fingerprint density at radius 1 is 1.24 bits per heavy atom. The van der Waals surface area contributed by atoms with Gasteiger partial charge >= 0.3 is 0 Å². The molecule has 0 radical (unpaired) electrons. The summed E-state index contributed by atoms with van der Waals surface area (Å²) in [5, 5.41) is 0. The number of hydrogen-bond donors (Lipinski definition) is 0. The topological polar surface area (TPSA) is 26.3 Å². The number of benzene rings is 2. The first-order chi connectivity index (χ1) is 10.0. The number of ketones is 1. The molecule has 0 saturated heterocycles. The standard InChI is InChI=1S/C17H16BrFO2/c1-3-8-21-16-7-5-12(9-15(16)18)17(20)14-10-13(19)6-4-11(14)2/h4-7,9-10H,3,8H2,1-2H3. The lowest BCUT2D eigenvalue weighted by molar-refractivity contribution is 0.103. The summed E-state index contributed by atoms with van der Waals surface area (Å²) >= 11 is 3.40. The van der Waals surface area contributed by atoms with Gasteiger partial charge in [0.25, 0.3) is 0 Å². The molecule has 21 heavy (non-hydrogen) atoms. The fraction of sp³-hybridized carbons (Fsp3) is 0.235. The van der Waals surface area contributed by atoms with Gasteiger partial charge in [0.15, 0.2) is 5.78 Å². The van der Waals surface area contributed by atoms with E-state index in [2.05, 4.69) is 15.9 Å². The van der Waals surface area contributed by atoms with Crippen molar-refractivity contribution in [1.29, 1.82) is 0 Å². The van der Waals surface area contributed by atoms with Gasteiger partial charge in [-0.05, 0) is 65.2 Å². The van der Waals surface area contributed by atoms with Crippen LogP contribution in [0.15, 0.2) is 40.9 Å². The Labute approximate surface area is 132 Å². The molecule has 4 heteroatoms. The lowest BCUT2D eigenvalue weighted by atomic mass is 9.99.